The molecule has 1 N–H and O–H groups in total. The van der Waals surface area contributed by atoms with Gasteiger partial charge >= 0.3 is 0 Å². The van der Waals surface area contributed by atoms with E-state index in [0.717, 1.165) is 37.6 Å². The number of hydrogen-bond acceptors (Lipinski definition) is 4. The molecule has 1 saturated heterocycles. The van der Waals surface area contributed by atoms with Crippen LogP contribution in [0.15, 0.2) is 60.8 Å². The zero-order valence-corrected chi connectivity index (χ0v) is 16.2. The highest BCUT2D eigenvalue weighted by molar-refractivity contribution is 5.94. The van der Waals surface area contributed by atoms with Crippen LogP contribution >= 0.6 is 0 Å². The number of carbonyl (C=O) groups is 1. The molecule has 1 aliphatic heterocycles. The summed E-state index contributed by atoms with van der Waals surface area (Å²) < 4.78 is 1.68. The number of likely N-dealkylation sites (N-methyl/N-ethyl adjacent to an activating group) is 1. The van der Waals surface area contributed by atoms with E-state index in [1.54, 1.807) is 10.9 Å². The van der Waals surface area contributed by atoms with Crippen LogP contribution in [0, 0.1) is 6.57 Å². The van der Waals surface area contributed by atoms with Crippen molar-refractivity contribution in [1.29, 1.82) is 0 Å². The summed E-state index contributed by atoms with van der Waals surface area (Å²) in [5, 5.41) is 7.68. The first kappa shape index (κ1) is 18.7. The molecule has 1 amide bonds. The van der Waals surface area contributed by atoms with Gasteiger partial charge in [-0.3, -0.25) is 9.48 Å². The Morgan fingerprint density at radius 3 is 2.38 bits per heavy atom. The van der Waals surface area contributed by atoms with E-state index >= 15 is 0 Å². The molecule has 2 aromatic carbocycles. The number of aromatic nitrogens is 2. The molecule has 0 bridgehead atoms. The van der Waals surface area contributed by atoms with Gasteiger partial charge in [-0.15, -0.1) is 0 Å². The van der Waals surface area contributed by atoms with Crippen LogP contribution in [0.25, 0.3) is 10.5 Å². The Morgan fingerprint density at radius 2 is 1.72 bits per heavy atom. The molecule has 0 unspecified atom stereocenters. The van der Waals surface area contributed by atoms with Gasteiger partial charge in [-0.05, 0) is 43.4 Å². The Labute approximate surface area is 170 Å². The van der Waals surface area contributed by atoms with Gasteiger partial charge in [0, 0.05) is 43.6 Å². The lowest BCUT2D eigenvalue weighted by Crippen LogP contribution is -2.47. The minimum Gasteiger partial charge on any atom is -0.348 e. The van der Waals surface area contributed by atoms with Gasteiger partial charge in [0.25, 0.3) is 5.91 Å². The van der Waals surface area contributed by atoms with Crippen molar-refractivity contribution in [2.24, 2.45) is 0 Å². The number of anilines is 2. The number of nitrogens with zero attached hydrogens (tertiary/aromatic N) is 5. The molecule has 3 aromatic rings. The fraction of sp³-hybridized carbons (Fsp3) is 0.227. The Bertz CT molecular complexity index is 1030. The normalized spacial score (nSPS) is 14.4. The summed E-state index contributed by atoms with van der Waals surface area (Å²) >= 11 is 0. The zero-order chi connectivity index (χ0) is 20.2. The summed E-state index contributed by atoms with van der Waals surface area (Å²) in [6.45, 7) is 10.7. The molecule has 0 atom stereocenters. The predicted molar refractivity (Wildman–Crippen MR) is 113 cm³/mol. The molecule has 0 saturated carbocycles. The molecule has 1 fully saturated rings. The van der Waals surface area contributed by atoms with Crippen molar-refractivity contribution < 1.29 is 4.79 Å². The average Bonchev–Trinajstić information content (AvgIpc) is 3.18. The van der Waals surface area contributed by atoms with Crippen molar-refractivity contribution >= 4 is 23.1 Å². The number of nitrogens with one attached hydrogen (secondary N) is 1. The monoisotopic (exact) mass is 386 g/mol. The standard InChI is InChI=1S/C22H22N6O/c1-23-20-16-28(19-6-4-3-5-7-19)25-21(20)24-18-10-8-17(9-11-18)22(29)27-14-12-26(2)13-15-27/h3-11,16H,12-15H2,2H3,(H,24,25). The maximum atomic E-state index is 12.7. The molecular formula is C22H22N6O. The fourth-order valence-corrected chi connectivity index (χ4v) is 3.27. The van der Waals surface area contributed by atoms with Gasteiger partial charge in [-0.1, -0.05) is 18.2 Å². The summed E-state index contributed by atoms with van der Waals surface area (Å²) in [6.07, 6.45) is 1.70. The molecular weight excluding hydrogens is 364 g/mol. The summed E-state index contributed by atoms with van der Waals surface area (Å²) in [6, 6.07) is 17.0. The van der Waals surface area contributed by atoms with Crippen LogP contribution in [0.3, 0.4) is 0 Å². The molecule has 7 heteroatoms. The molecule has 0 aliphatic carbocycles. The number of para-hydroxylation sites is 1. The smallest absolute Gasteiger partial charge is 0.253 e. The molecule has 1 aliphatic rings. The molecule has 7 nitrogen and oxygen atoms in total. The number of hydrogen-bond donors (Lipinski definition) is 1. The van der Waals surface area contributed by atoms with Crippen LogP contribution in [-0.2, 0) is 0 Å². The highest BCUT2D eigenvalue weighted by Crippen LogP contribution is 2.28. The van der Waals surface area contributed by atoms with Crippen molar-refractivity contribution in [1.82, 2.24) is 19.6 Å². The second kappa shape index (κ2) is 8.17. The van der Waals surface area contributed by atoms with E-state index in [1.807, 2.05) is 59.5 Å². The first-order chi connectivity index (χ1) is 14.1. The lowest BCUT2D eigenvalue weighted by molar-refractivity contribution is 0.0664. The Morgan fingerprint density at radius 1 is 1.03 bits per heavy atom. The van der Waals surface area contributed by atoms with Gasteiger partial charge in [0.15, 0.2) is 5.82 Å². The average molecular weight is 386 g/mol. The molecule has 0 radical (unpaired) electrons. The van der Waals surface area contributed by atoms with Gasteiger partial charge in [-0.2, -0.15) is 5.10 Å². The van der Waals surface area contributed by atoms with Gasteiger partial charge in [0.1, 0.15) is 0 Å². The summed E-state index contributed by atoms with van der Waals surface area (Å²) in [4.78, 5) is 20.3. The van der Waals surface area contributed by atoms with Crippen molar-refractivity contribution in [2.45, 2.75) is 0 Å². The quantitative estimate of drug-likeness (QED) is 0.697. The number of amides is 1. The van der Waals surface area contributed by atoms with Gasteiger partial charge in [0.05, 0.1) is 12.3 Å². The second-order valence-electron chi connectivity index (χ2n) is 7.05. The van der Waals surface area contributed by atoms with Crippen molar-refractivity contribution in [3.8, 4) is 5.69 Å². The molecule has 4 rings (SSSR count). The fourth-order valence-electron chi connectivity index (χ4n) is 3.27. The highest BCUT2D eigenvalue weighted by Gasteiger charge is 2.20. The van der Waals surface area contributed by atoms with Crippen LogP contribution in [0.5, 0.6) is 0 Å². The van der Waals surface area contributed by atoms with Crippen LogP contribution in [-0.4, -0.2) is 58.7 Å². The largest absolute Gasteiger partial charge is 0.348 e. The van der Waals surface area contributed by atoms with E-state index in [-0.39, 0.29) is 5.91 Å². The molecule has 29 heavy (non-hydrogen) atoms. The first-order valence-corrected chi connectivity index (χ1v) is 9.51. The topological polar surface area (TPSA) is 57.8 Å². The van der Waals surface area contributed by atoms with E-state index in [0.29, 0.717) is 17.1 Å². The molecule has 146 valence electrons. The van der Waals surface area contributed by atoms with Crippen molar-refractivity contribution in [2.75, 3.05) is 38.5 Å². The number of carbonyl (C=O) groups excluding carboxylic acids is 1. The van der Waals surface area contributed by atoms with Crippen LogP contribution in [0.1, 0.15) is 10.4 Å². The number of benzene rings is 2. The molecule has 2 heterocycles. The maximum Gasteiger partial charge on any atom is 0.253 e. The summed E-state index contributed by atoms with van der Waals surface area (Å²) in [5.41, 5.74) is 2.77. The van der Waals surface area contributed by atoms with Crippen LogP contribution in [0.4, 0.5) is 17.2 Å². The van der Waals surface area contributed by atoms with E-state index in [4.69, 9.17) is 6.57 Å². The van der Waals surface area contributed by atoms with Crippen LogP contribution < -0.4 is 5.32 Å². The van der Waals surface area contributed by atoms with E-state index in [2.05, 4.69) is 27.2 Å². The number of rotatable bonds is 4. The number of piperazine rings is 1. The maximum absolute atomic E-state index is 12.7. The first-order valence-electron chi connectivity index (χ1n) is 9.51. The minimum atomic E-state index is 0.0554. The SMILES string of the molecule is [C-]#[N+]c1cn(-c2ccccc2)nc1Nc1ccc(C(=O)N2CCN(C)CC2)cc1. The van der Waals surface area contributed by atoms with Crippen LogP contribution in [0.2, 0.25) is 0 Å². The van der Waals surface area contributed by atoms with Gasteiger partial charge in [-0.25, -0.2) is 4.85 Å². The Hall–Kier alpha value is -3.63. The lowest BCUT2D eigenvalue weighted by Gasteiger charge is -2.32. The van der Waals surface area contributed by atoms with Crippen molar-refractivity contribution in [3.63, 3.8) is 0 Å². The van der Waals surface area contributed by atoms with E-state index in [1.165, 1.54) is 0 Å². The van der Waals surface area contributed by atoms with E-state index in [9.17, 15) is 4.79 Å². The summed E-state index contributed by atoms with van der Waals surface area (Å²) in [7, 11) is 2.07. The van der Waals surface area contributed by atoms with Crippen molar-refractivity contribution in [3.05, 3.63) is 77.8 Å². The zero-order valence-electron chi connectivity index (χ0n) is 16.2. The third-order valence-electron chi connectivity index (χ3n) is 5.02. The minimum absolute atomic E-state index is 0.0554. The third kappa shape index (κ3) is 4.13. The lowest BCUT2D eigenvalue weighted by atomic mass is 10.1. The second-order valence-corrected chi connectivity index (χ2v) is 7.05. The third-order valence-corrected chi connectivity index (χ3v) is 5.02. The highest BCUT2D eigenvalue weighted by atomic mass is 16.2. The molecule has 1 aromatic heterocycles. The Kier molecular flexibility index (Phi) is 5.27. The summed E-state index contributed by atoms with van der Waals surface area (Å²) in [5.74, 6) is 0.543. The van der Waals surface area contributed by atoms with Gasteiger partial charge in [0.2, 0.25) is 5.69 Å². The molecule has 0 spiro atoms. The van der Waals surface area contributed by atoms with E-state index < -0.39 is 0 Å². The predicted octanol–water partition coefficient (Wildman–Crippen LogP) is 3.55. The Balaban J connectivity index is 1.48. The van der Waals surface area contributed by atoms with Gasteiger partial charge < -0.3 is 15.1 Å².